The molecule has 0 amide bonds. The summed E-state index contributed by atoms with van der Waals surface area (Å²) in [4.78, 5) is 18.5. The summed E-state index contributed by atoms with van der Waals surface area (Å²) in [5.41, 5.74) is 2.11. The molecular weight excluding hydrogens is 504 g/mol. The molecule has 1 atom stereocenters. The number of anilines is 1. The van der Waals surface area contributed by atoms with Crippen LogP contribution < -0.4 is 4.90 Å². The molecule has 1 saturated heterocycles. The van der Waals surface area contributed by atoms with E-state index in [2.05, 4.69) is 19.9 Å². The van der Waals surface area contributed by atoms with E-state index in [1.54, 1.807) is 12.3 Å². The van der Waals surface area contributed by atoms with Crippen LogP contribution in [0.15, 0.2) is 42.9 Å². The van der Waals surface area contributed by atoms with Gasteiger partial charge in [0, 0.05) is 56.1 Å². The van der Waals surface area contributed by atoms with E-state index in [-0.39, 0.29) is 0 Å². The van der Waals surface area contributed by atoms with Crippen LogP contribution in [0.1, 0.15) is 50.1 Å². The quantitative estimate of drug-likeness (QED) is 0.370. The maximum Gasteiger partial charge on any atom is 0.156 e. The van der Waals surface area contributed by atoms with Crippen molar-refractivity contribution in [3.05, 3.63) is 65.7 Å². The Kier molecular flexibility index (Phi) is 6.52. The van der Waals surface area contributed by atoms with Crippen LogP contribution in [-0.2, 0) is 6.54 Å². The van der Waals surface area contributed by atoms with Crippen LogP contribution in [0.25, 0.3) is 22.3 Å². The second-order valence-corrected chi connectivity index (χ2v) is 11.0. The van der Waals surface area contributed by atoms with E-state index in [9.17, 15) is 19.0 Å². The number of aromatic nitrogens is 5. The highest BCUT2D eigenvalue weighted by Crippen LogP contribution is 2.37. The molecule has 39 heavy (non-hydrogen) atoms. The van der Waals surface area contributed by atoms with Crippen LogP contribution in [0, 0.1) is 11.6 Å². The molecule has 1 saturated carbocycles. The summed E-state index contributed by atoms with van der Waals surface area (Å²) in [7, 11) is 0. The molecule has 2 N–H and O–H groups in total. The van der Waals surface area contributed by atoms with Crippen LogP contribution in [0.4, 0.5) is 14.6 Å². The molecule has 0 bridgehead atoms. The van der Waals surface area contributed by atoms with Crippen molar-refractivity contribution < 1.29 is 19.0 Å². The predicted molar refractivity (Wildman–Crippen MR) is 142 cm³/mol. The molecular formula is C28H31F2N7O2. The molecule has 11 heteroatoms. The van der Waals surface area contributed by atoms with Gasteiger partial charge in [0.1, 0.15) is 28.9 Å². The molecule has 4 heterocycles. The first kappa shape index (κ1) is 25.7. The van der Waals surface area contributed by atoms with Gasteiger partial charge in [0.15, 0.2) is 5.82 Å². The van der Waals surface area contributed by atoms with Crippen LogP contribution in [0.5, 0.6) is 0 Å². The number of aliphatic hydroxyl groups is 2. The molecule has 1 aliphatic heterocycles. The summed E-state index contributed by atoms with van der Waals surface area (Å²) >= 11 is 0. The Morgan fingerprint density at radius 2 is 1.79 bits per heavy atom. The van der Waals surface area contributed by atoms with Crippen molar-refractivity contribution >= 4 is 16.9 Å². The second kappa shape index (κ2) is 9.89. The molecule has 2 fully saturated rings. The van der Waals surface area contributed by atoms with Gasteiger partial charge in [-0.2, -0.15) is 5.10 Å². The Bertz CT molecular complexity index is 1510. The number of piperazine rings is 1. The highest BCUT2D eigenvalue weighted by molar-refractivity contribution is 5.83. The van der Waals surface area contributed by atoms with Crippen LogP contribution >= 0.6 is 0 Å². The average molecular weight is 536 g/mol. The van der Waals surface area contributed by atoms with Crippen molar-refractivity contribution in [2.75, 3.05) is 31.1 Å². The van der Waals surface area contributed by atoms with Crippen molar-refractivity contribution in [3.63, 3.8) is 0 Å². The molecule has 0 unspecified atom stereocenters. The minimum atomic E-state index is -1.37. The molecule has 2 aliphatic rings. The number of rotatable bonds is 7. The van der Waals surface area contributed by atoms with Gasteiger partial charge < -0.3 is 15.1 Å². The van der Waals surface area contributed by atoms with Gasteiger partial charge in [-0.05, 0) is 38.8 Å². The van der Waals surface area contributed by atoms with Gasteiger partial charge in [0.2, 0.25) is 0 Å². The first-order chi connectivity index (χ1) is 18.7. The summed E-state index contributed by atoms with van der Waals surface area (Å²) in [5, 5.41) is 25.4. The maximum absolute atomic E-state index is 14.2. The van der Waals surface area contributed by atoms with E-state index < -0.39 is 23.3 Å². The van der Waals surface area contributed by atoms with Crippen LogP contribution in [0.3, 0.4) is 0 Å². The lowest BCUT2D eigenvalue weighted by Crippen LogP contribution is -2.46. The van der Waals surface area contributed by atoms with E-state index in [1.807, 2.05) is 17.1 Å². The highest BCUT2D eigenvalue weighted by atomic mass is 19.1. The van der Waals surface area contributed by atoms with Crippen molar-refractivity contribution in [3.8, 4) is 11.3 Å². The Labute approximate surface area is 224 Å². The molecule has 3 aromatic heterocycles. The largest absolute Gasteiger partial charge is 0.387 e. The zero-order valence-corrected chi connectivity index (χ0v) is 21.9. The molecule has 4 aromatic rings. The van der Waals surface area contributed by atoms with Crippen LogP contribution in [0.2, 0.25) is 0 Å². The lowest BCUT2D eigenvalue weighted by atomic mass is 9.98. The van der Waals surface area contributed by atoms with Gasteiger partial charge in [-0.3, -0.25) is 14.6 Å². The zero-order valence-electron chi connectivity index (χ0n) is 21.9. The normalized spacial score (nSPS) is 17.6. The highest BCUT2D eigenvalue weighted by Gasteiger charge is 2.29. The van der Waals surface area contributed by atoms with Gasteiger partial charge >= 0.3 is 0 Å². The van der Waals surface area contributed by atoms with Crippen molar-refractivity contribution in [2.24, 2.45) is 0 Å². The fourth-order valence-corrected chi connectivity index (χ4v) is 4.90. The van der Waals surface area contributed by atoms with E-state index in [1.165, 1.54) is 26.0 Å². The SMILES string of the molecule is CC(C)(O)[C@@H](O)c1cc2nc(N3CCN(Cc4ccc(F)cc4F)CC3)c(-c3cnn(C4CC4)c3)nc2cn1. The molecule has 9 nitrogen and oxygen atoms in total. The van der Waals surface area contributed by atoms with Gasteiger partial charge in [0.25, 0.3) is 0 Å². The summed E-state index contributed by atoms with van der Waals surface area (Å²) in [6, 6.07) is 5.79. The Morgan fingerprint density at radius 1 is 1.03 bits per heavy atom. The standard InChI is InChI=1S/C28H31F2N7O2/c1-28(2,39)26(38)23-12-22-24(14-31-23)33-25(18-13-32-37(16-18)20-5-6-20)27(34-22)36-9-7-35(8-10-36)15-17-3-4-19(29)11-21(17)30/h3-4,11-14,16,20,26,38-39H,5-10,15H2,1-2H3/t26-/m0/s1. The zero-order chi connectivity index (χ0) is 27.3. The summed E-state index contributed by atoms with van der Waals surface area (Å²) in [6.07, 6.45) is 6.43. The number of pyridine rings is 1. The predicted octanol–water partition coefficient (Wildman–Crippen LogP) is 3.63. The Hall–Kier alpha value is -3.54. The van der Waals surface area contributed by atoms with E-state index >= 15 is 0 Å². The minimum absolute atomic E-state index is 0.315. The fraction of sp³-hybridized carbons (Fsp3) is 0.429. The molecule has 0 spiro atoms. The summed E-state index contributed by atoms with van der Waals surface area (Å²) in [5.74, 6) is -0.423. The smallest absolute Gasteiger partial charge is 0.156 e. The monoisotopic (exact) mass is 535 g/mol. The lowest BCUT2D eigenvalue weighted by molar-refractivity contribution is -0.0516. The number of hydrogen-bond donors (Lipinski definition) is 2. The van der Waals surface area contributed by atoms with E-state index in [4.69, 9.17) is 9.97 Å². The first-order valence-electron chi connectivity index (χ1n) is 13.2. The van der Waals surface area contributed by atoms with Gasteiger partial charge in [-0.25, -0.2) is 18.7 Å². The number of fused-ring (bicyclic) bond motifs is 1. The molecule has 0 radical (unpaired) electrons. The lowest BCUT2D eigenvalue weighted by Gasteiger charge is -2.36. The molecule has 1 aliphatic carbocycles. The van der Waals surface area contributed by atoms with Crippen molar-refractivity contribution in [1.82, 2.24) is 29.6 Å². The summed E-state index contributed by atoms with van der Waals surface area (Å²) < 4.78 is 29.5. The average Bonchev–Trinajstić information content (AvgIpc) is 3.65. The third kappa shape index (κ3) is 5.34. The Morgan fingerprint density at radius 3 is 2.49 bits per heavy atom. The van der Waals surface area contributed by atoms with Crippen molar-refractivity contribution in [1.29, 1.82) is 0 Å². The topological polar surface area (TPSA) is 103 Å². The number of aliphatic hydroxyl groups excluding tert-OH is 1. The van der Waals surface area contributed by atoms with Gasteiger partial charge in [-0.15, -0.1) is 0 Å². The third-order valence-electron chi connectivity index (χ3n) is 7.38. The number of benzene rings is 1. The third-order valence-corrected chi connectivity index (χ3v) is 7.38. The number of halogens is 2. The van der Waals surface area contributed by atoms with Gasteiger partial charge in [-0.1, -0.05) is 6.07 Å². The Balaban J connectivity index is 1.31. The van der Waals surface area contributed by atoms with Crippen LogP contribution in [-0.4, -0.2) is 71.6 Å². The first-order valence-corrected chi connectivity index (χ1v) is 13.2. The molecule has 1 aromatic carbocycles. The molecule has 6 rings (SSSR count). The van der Waals surface area contributed by atoms with E-state index in [0.717, 1.165) is 24.5 Å². The second-order valence-electron chi connectivity index (χ2n) is 11.0. The maximum atomic E-state index is 14.2. The van der Waals surface area contributed by atoms with Gasteiger partial charge in [0.05, 0.1) is 35.2 Å². The summed E-state index contributed by atoms with van der Waals surface area (Å²) in [6.45, 7) is 6.05. The fourth-order valence-electron chi connectivity index (χ4n) is 4.90. The number of hydrogen-bond acceptors (Lipinski definition) is 8. The van der Waals surface area contributed by atoms with E-state index in [0.29, 0.717) is 72.6 Å². The minimum Gasteiger partial charge on any atom is -0.387 e. The number of nitrogens with zero attached hydrogens (tertiary/aromatic N) is 7. The van der Waals surface area contributed by atoms with Crippen molar-refractivity contribution in [2.45, 2.75) is 51.0 Å². The molecule has 204 valence electrons.